The Kier molecular flexibility index (Phi) is 3.98. The molecule has 0 radical (unpaired) electrons. The molecule has 0 aliphatic rings. The van der Waals surface area contributed by atoms with Crippen LogP contribution in [0.4, 0.5) is 5.82 Å². The van der Waals surface area contributed by atoms with Crippen molar-refractivity contribution in [2.75, 3.05) is 11.9 Å². The SMILES string of the molecule is CCCNc1nc(-c2ccsc2)nc2sc(CC)cc12. The van der Waals surface area contributed by atoms with E-state index in [1.165, 1.54) is 4.88 Å². The Morgan fingerprint density at radius 2 is 2.15 bits per heavy atom. The second kappa shape index (κ2) is 5.89. The van der Waals surface area contributed by atoms with E-state index in [-0.39, 0.29) is 0 Å². The second-order valence-corrected chi connectivity index (χ2v) is 6.51. The molecule has 1 N–H and O–H groups in total. The fourth-order valence-corrected chi connectivity index (χ4v) is 3.65. The molecule has 3 rings (SSSR count). The summed E-state index contributed by atoms with van der Waals surface area (Å²) in [5, 5.41) is 8.75. The van der Waals surface area contributed by atoms with Crippen LogP contribution in [0.2, 0.25) is 0 Å². The molecule has 3 aromatic rings. The molecule has 0 aliphatic heterocycles. The molecule has 5 heteroatoms. The smallest absolute Gasteiger partial charge is 0.163 e. The van der Waals surface area contributed by atoms with Crippen molar-refractivity contribution in [1.29, 1.82) is 0 Å². The van der Waals surface area contributed by atoms with E-state index in [1.54, 1.807) is 22.7 Å². The minimum absolute atomic E-state index is 0.821. The highest BCUT2D eigenvalue weighted by Gasteiger charge is 2.12. The van der Waals surface area contributed by atoms with Gasteiger partial charge in [0, 0.05) is 22.4 Å². The Morgan fingerprint density at radius 1 is 1.25 bits per heavy atom. The monoisotopic (exact) mass is 303 g/mol. The quantitative estimate of drug-likeness (QED) is 0.735. The molecule has 0 atom stereocenters. The molecule has 0 saturated carbocycles. The van der Waals surface area contributed by atoms with Gasteiger partial charge in [-0.1, -0.05) is 13.8 Å². The highest BCUT2D eigenvalue weighted by atomic mass is 32.1. The third kappa shape index (κ3) is 2.55. The fourth-order valence-electron chi connectivity index (χ4n) is 2.04. The van der Waals surface area contributed by atoms with Crippen LogP contribution in [-0.2, 0) is 6.42 Å². The number of anilines is 1. The van der Waals surface area contributed by atoms with Gasteiger partial charge in [-0.25, -0.2) is 9.97 Å². The van der Waals surface area contributed by atoms with Crippen molar-refractivity contribution in [1.82, 2.24) is 9.97 Å². The number of thiophene rings is 2. The maximum absolute atomic E-state index is 4.73. The van der Waals surface area contributed by atoms with Gasteiger partial charge in [0.05, 0.1) is 5.39 Å². The molecule has 3 heterocycles. The molecule has 0 aromatic carbocycles. The van der Waals surface area contributed by atoms with Crippen LogP contribution in [0.25, 0.3) is 21.6 Å². The Balaban J connectivity index is 2.13. The van der Waals surface area contributed by atoms with Crippen molar-refractivity contribution in [3.8, 4) is 11.4 Å². The Labute approximate surface area is 126 Å². The molecule has 0 fully saturated rings. The third-order valence-electron chi connectivity index (χ3n) is 3.11. The van der Waals surface area contributed by atoms with Gasteiger partial charge in [-0.3, -0.25) is 0 Å². The molecular formula is C15H17N3S2. The summed E-state index contributed by atoms with van der Waals surface area (Å²) in [7, 11) is 0. The lowest BCUT2D eigenvalue weighted by Crippen LogP contribution is -2.03. The van der Waals surface area contributed by atoms with Gasteiger partial charge in [-0.05, 0) is 30.4 Å². The Hall–Kier alpha value is -1.46. The first-order valence-corrected chi connectivity index (χ1v) is 8.64. The molecule has 20 heavy (non-hydrogen) atoms. The van der Waals surface area contributed by atoms with E-state index in [4.69, 9.17) is 9.97 Å². The summed E-state index contributed by atoms with van der Waals surface area (Å²) in [6.45, 7) is 5.28. The molecular weight excluding hydrogens is 286 g/mol. The van der Waals surface area contributed by atoms with Crippen LogP contribution in [0.5, 0.6) is 0 Å². The molecule has 3 nitrogen and oxygen atoms in total. The largest absolute Gasteiger partial charge is 0.369 e. The molecule has 0 unspecified atom stereocenters. The molecule has 0 bridgehead atoms. The normalized spacial score (nSPS) is 11.1. The van der Waals surface area contributed by atoms with Gasteiger partial charge in [0.25, 0.3) is 0 Å². The minimum Gasteiger partial charge on any atom is -0.369 e. The Bertz CT molecular complexity index is 701. The van der Waals surface area contributed by atoms with Gasteiger partial charge in [0.15, 0.2) is 5.82 Å². The van der Waals surface area contributed by atoms with E-state index in [0.29, 0.717) is 0 Å². The maximum Gasteiger partial charge on any atom is 0.163 e. The zero-order valence-electron chi connectivity index (χ0n) is 11.6. The van der Waals surface area contributed by atoms with Gasteiger partial charge >= 0.3 is 0 Å². The molecule has 3 aromatic heterocycles. The molecule has 0 spiro atoms. The lowest BCUT2D eigenvalue weighted by molar-refractivity contribution is 0.971. The minimum atomic E-state index is 0.821. The number of hydrogen-bond acceptors (Lipinski definition) is 5. The van der Waals surface area contributed by atoms with Crippen LogP contribution >= 0.6 is 22.7 Å². The van der Waals surface area contributed by atoms with Crippen molar-refractivity contribution < 1.29 is 0 Å². The van der Waals surface area contributed by atoms with Gasteiger partial charge in [0.2, 0.25) is 0 Å². The van der Waals surface area contributed by atoms with Gasteiger partial charge in [-0.2, -0.15) is 11.3 Å². The molecule has 0 amide bonds. The lowest BCUT2D eigenvalue weighted by atomic mass is 10.2. The Morgan fingerprint density at radius 3 is 2.85 bits per heavy atom. The number of aryl methyl sites for hydroxylation is 1. The number of fused-ring (bicyclic) bond motifs is 1. The standard InChI is InChI=1S/C15H17N3S2/c1-3-6-16-14-12-8-11(4-2)20-15(12)18-13(17-14)10-5-7-19-9-10/h5,7-9H,3-4,6H2,1-2H3,(H,16,17,18). The summed E-state index contributed by atoms with van der Waals surface area (Å²) in [6, 6.07) is 4.29. The maximum atomic E-state index is 4.73. The first kappa shape index (κ1) is 13.5. The van der Waals surface area contributed by atoms with E-state index >= 15 is 0 Å². The van der Waals surface area contributed by atoms with Crippen LogP contribution in [0.3, 0.4) is 0 Å². The predicted molar refractivity (Wildman–Crippen MR) is 88.9 cm³/mol. The van der Waals surface area contributed by atoms with E-state index in [2.05, 4.69) is 42.1 Å². The summed E-state index contributed by atoms with van der Waals surface area (Å²) in [6.07, 6.45) is 2.13. The van der Waals surface area contributed by atoms with E-state index < -0.39 is 0 Å². The van der Waals surface area contributed by atoms with Crippen molar-refractivity contribution >= 4 is 38.7 Å². The summed E-state index contributed by atoms with van der Waals surface area (Å²) < 4.78 is 0. The van der Waals surface area contributed by atoms with Crippen molar-refractivity contribution in [3.63, 3.8) is 0 Å². The zero-order valence-corrected chi connectivity index (χ0v) is 13.3. The third-order valence-corrected chi connectivity index (χ3v) is 4.97. The van der Waals surface area contributed by atoms with E-state index in [0.717, 1.165) is 46.8 Å². The number of aromatic nitrogens is 2. The highest BCUT2D eigenvalue weighted by molar-refractivity contribution is 7.18. The van der Waals surface area contributed by atoms with Gasteiger partial charge < -0.3 is 5.32 Å². The van der Waals surface area contributed by atoms with E-state index in [9.17, 15) is 0 Å². The van der Waals surface area contributed by atoms with Gasteiger partial charge in [0.1, 0.15) is 10.6 Å². The second-order valence-electron chi connectivity index (χ2n) is 4.62. The number of rotatable bonds is 5. The molecule has 0 aliphatic carbocycles. The zero-order chi connectivity index (χ0) is 13.9. The first-order chi connectivity index (χ1) is 9.81. The van der Waals surface area contributed by atoms with Crippen LogP contribution in [0, 0.1) is 0 Å². The number of hydrogen-bond donors (Lipinski definition) is 1. The molecule has 0 saturated heterocycles. The van der Waals surface area contributed by atoms with Crippen molar-refractivity contribution in [2.24, 2.45) is 0 Å². The van der Waals surface area contributed by atoms with Crippen LogP contribution in [0.1, 0.15) is 25.1 Å². The average Bonchev–Trinajstić information content (AvgIpc) is 3.12. The fraction of sp³-hybridized carbons (Fsp3) is 0.333. The van der Waals surface area contributed by atoms with Crippen LogP contribution < -0.4 is 5.32 Å². The summed E-state index contributed by atoms with van der Waals surface area (Å²) in [5.74, 6) is 1.79. The van der Waals surface area contributed by atoms with Gasteiger partial charge in [-0.15, -0.1) is 11.3 Å². The van der Waals surface area contributed by atoms with Crippen molar-refractivity contribution in [3.05, 3.63) is 27.8 Å². The van der Waals surface area contributed by atoms with Crippen LogP contribution in [-0.4, -0.2) is 16.5 Å². The predicted octanol–water partition coefficient (Wildman–Crippen LogP) is 4.80. The lowest BCUT2D eigenvalue weighted by Gasteiger charge is -2.07. The molecule has 104 valence electrons. The highest BCUT2D eigenvalue weighted by Crippen LogP contribution is 2.32. The summed E-state index contributed by atoms with van der Waals surface area (Å²) >= 11 is 3.44. The van der Waals surface area contributed by atoms with E-state index in [1.807, 2.05) is 0 Å². The summed E-state index contributed by atoms with van der Waals surface area (Å²) in [5.41, 5.74) is 1.10. The van der Waals surface area contributed by atoms with Crippen LogP contribution in [0.15, 0.2) is 22.9 Å². The average molecular weight is 303 g/mol. The van der Waals surface area contributed by atoms with Crippen molar-refractivity contribution in [2.45, 2.75) is 26.7 Å². The summed E-state index contributed by atoms with van der Waals surface area (Å²) in [4.78, 5) is 11.9. The topological polar surface area (TPSA) is 37.8 Å². The number of nitrogens with one attached hydrogen (secondary N) is 1. The number of nitrogens with zero attached hydrogens (tertiary/aromatic N) is 2. The first-order valence-electron chi connectivity index (χ1n) is 6.88.